The van der Waals surface area contributed by atoms with Gasteiger partial charge in [-0.05, 0) is 48.9 Å². The number of nitrogens with one attached hydrogen (secondary N) is 1. The summed E-state index contributed by atoms with van der Waals surface area (Å²) in [5.74, 6) is 0. The normalized spacial score (nSPS) is 17.7. The van der Waals surface area contributed by atoms with Crippen molar-refractivity contribution in [2.24, 2.45) is 5.41 Å². The molecule has 0 atom stereocenters. The van der Waals surface area contributed by atoms with Crippen LogP contribution in [0.15, 0.2) is 18.2 Å². The molecule has 112 valence electrons. The van der Waals surface area contributed by atoms with E-state index in [1.165, 1.54) is 30.5 Å². The Kier molecular flexibility index (Phi) is 5.34. The van der Waals surface area contributed by atoms with Crippen LogP contribution in [0, 0.1) is 5.41 Å². The Balaban J connectivity index is 2.10. The fraction of sp³-hybridized carbons (Fsp3) is 0.647. The van der Waals surface area contributed by atoms with Crippen LogP contribution in [0.1, 0.15) is 45.6 Å². The zero-order chi connectivity index (χ0) is 14.6. The number of nitrogens with zero attached hydrogens (tertiary/aromatic N) is 1. The minimum absolute atomic E-state index is 0.492. The van der Waals surface area contributed by atoms with Crippen molar-refractivity contribution >= 4 is 17.3 Å². The summed E-state index contributed by atoms with van der Waals surface area (Å²) >= 11 is 6.50. The highest BCUT2D eigenvalue weighted by molar-refractivity contribution is 6.33. The average Bonchev–Trinajstić information content (AvgIpc) is 2.90. The maximum absolute atomic E-state index is 6.50. The third-order valence-corrected chi connectivity index (χ3v) is 5.17. The van der Waals surface area contributed by atoms with Crippen LogP contribution in [0.3, 0.4) is 0 Å². The van der Waals surface area contributed by atoms with Crippen LogP contribution >= 0.6 is 11.6 Å². The average molecular weight is 295 g/mol. The standard InChI is InChI=1S/C17H27ClN2/c1-4-17(5-2)9-10-20(13-17)16-8-7-14(11-15(16)18)12-19-6-3/h7-8,11,19H,4-6,9-10,12-13H2,1-3H3. The summed E-state index contributed by atoms with van der Waals surface area (Å²) in [6.07, 6.45) is 3.81. The summed E-state index contributed by atoms with van der Waals surface area (Å²) in [6, 6.07) is 6.50. The van der Waals surface area contributed by atoms with Crippen molar-refractivity contribution in [1.29, 1.82) is 0 Å². The molecule has 0 spiro atoms. The summed E-state index contributed by atoms with van der Waals surface area (Å²) in [7, 11) is 0. The second kappa shape index (κ2) is 6.82. The van der Waals surface area contributed by atoms with Gasteiger partial charge in [0, 0.05) is 19.6 Å². The molecule has 1 fully saturated rings. The van der Waals surface area contributed by atoms with Gasteiger partial charge in [-0.25, -0.2) is 0 Å². The Bertz CT molecular complexity index is 441. The summed E-state index contributed by atoms with van der Waals surface area (Å²) in [6.45, 7) is 10.9. The largest absolute Gasteiger partial charge is 0.370 e. The molecule has 3 heteroatoms. The molecule has 0 amide bonds. The van der Waals surface area contributed by atoms with E-state index in [0.717, 1.165) is 31.2 Å². The first-order valence-electron chi connectivity index (χ1n) is 7.88. The van der Waals surface area contributed by atoms with Crippen molar-refractivity contribution in [3.8, 4) is 0 Å². The van der Waals surface area contributed by atoms with E-state index in [1.807, 2.05) is 0 Å². The van der Waals surface area contributed by atoms with E-state index in [9.17, 15) is 0 Å². The van der Waals surface area contributed by atoms with Crippen LogP contribution in [-0.4, -0.2) is 19.6 Å². The van der Waals surface area contributed by atoms with Gasteiger partial charge >= 0.3 is 0 Å². The van der Waals surface area contributed by atoms with Crippen LogP contribution in [0.25, 0.3) is 0 Å². The highest BCUT2D eigenvalue weighted by Crippen LogP contribution is 2.40. The molecular formula is C17H27ClN2. The highest BCUT2D eigenvalue weighted by Gasteiger charge is 2.35. The molecule has 1 heterocycles. The number of anilines is 1. The van der Waals surface area contributed by atoms with Gasteiger partial charge in [0.1, 0.15) is 0 Å². The monoisotopic (exact) mass is 294 g/mol. The van der Waals surface area contributed by atoms with Gasteiger partial charge in [-0.3, -0.25) is 0 Å². The van der Waals surface area contributed by atoms with Crippen LogP contribution in [0.5, 0.6) is 0 Å². The van der Waals surface area contributed by atoms with Gasteiger partial charge in [0.25, 0.3) is 0 Å². The molecule has 0 unspecified atom stereocenters. The molecule has 20 heavy (non-hydrogen) atoms. The van der Waals surface area contributed by atoms with Gasteiger partial charge in [-0.1, -0.05) is 38.4 Å². The van der Waals surface area contributed by atoms with Gasteiger partial charge in [0.15, 0.2) is 0 Å². The molecule has 0 aromatic heterocycles. The fourth-order valence-electron chi connectivity index (χ4n) is 3.15. The molecule has 0 saturated carbocycles. The second-order valence-corrected chi connectivity index (χ2v) is 6.35. The molecule has 1 N–H and O–H groups in total. The molecule has 1 aromatic carbocycles. The summed E-state index contributed by atoms with van der Waals surface area (Å²) in [5, 5.41) is 4.23. The van der Waals surface area contributed by atoms with Crippen molar-refractivity contribution in [3.63, 3.8) is 0 Å². The first kappa shape index (κ1) is 15.7. The van der Waals surface area contributed by atoms with Crippen LogP contribution in [0.4, 0.5) is 5.69 Å². The summed E-state index contributed by atoms with van der Waals surface area (Å²) in [5.41, 5.74) is 2.96. The Labute approximate surface area is 128 Å². The third-order valence-electron chi connectivity index (χ3n) is 4.87. The zero-order valence-electron chi connectivity index (χ0n) is 13.0. The lowest BCUT2D eigenvalue weighted by Crippen LogP contribution is -2.26. The van der Waals surface area contributed by atoms with E-state index >= 15 is 0 Å². The molecule has 1 aromatic rings. The minimum Gasteiger partial charge on any atom is -0.370 e. The smallest absolute Gasteiger partial charge is 0.0642 e. The SMILES string of the molecule is CCNCc1ccc(N2CCC(CC)(CC)C2)c(Cl)c1. The lowest BCUT2D eigenvalue weighted by Gasteiger charge is -2.27. The van der Waals surface area contributed by atoms with E-state index in [1.54, 1.807) is 0 Å². The predicted octanol–water partition coefficient (Wildman–Crippen LogP) is 4.47. The lowest BCUT2D eigenvalue weighted by atomic mass is 9.82. The van der Waals surface area contributed by atoms with E-state index in [-0.39, 0.29) is 0 Å². The molecule has 0 radical (unpaired) electrons. The van der Waals surface area contributed by atoms with Crippen LogP contribution < -0.4 is 10.2 Å². The van der Waals surface area contributed by atoms with E-state index in [4.69, 9.17) is 11.6 Å². The van der Waals surface area contributed by atoms with Gasteiger partial charge in [-0.15, -0.1) is 0 Å². The maximum atomic E-state index is 6.50. The van der Waals surface area contributed by atoms with Gasteiger partial charge < -0.3 is 10.2 Å². The molecule has 0 bridgehead atoms. The van der Waals surface area contributed by atoms with Gasteiger partial charge in [0.2, 0.25) is 0 Å². The summed E-state index contributed by atoms with van der Waals surface area (Å²) in [4.78, 5) is 2.46. The molecule has 1 aliphatic rings. The highest BCUT2D eigenvalue weighted by atomic mass is 35.5. The lowest BCUT2D eigenvalue weighted by molar-refractivity contribution is 0.301. The van der Waals surface area contributed by atoms with E-state index in [0.29, 0.717) is 5.41 Å². The number of hydrogen-bond donors (Lipinski definition) is 1. The Morgan fingerprint density at radius 2 is 2.00 bits per heavy atom. The fourth-order valence-corrected chi connectivity index (χ4v) is 3.48. The first-order chi connectivity index (χ1) is 9.64. The van der Waals surface area contributed by atoms with Crippen molar-refractivity contribution in [1.82, 2.24) is 5.32 Å². The first-order valence-corrected chi connectivity index (χ1v) is 8.26. The van der Waals surface area contributed by atoms with Gasteiger partial charge in [-0.2, -0.15) is 0 Å². The zero-order valence-corrected chi connectivity index (χ0v) is 13.8. The van der Waals surface area contributed by atoms with Crippen LogP contribution in [-0.2, 0) is 6.54 Å². The van der Waals surface area contributed by atoms with Gasteiger partial charge in [0.05, 0.1) is 10.7 Å². The molecule has 0 aliphatic carbocycles. The molecular weight excluding hydrogens is 268 g/mol. The Hall–Kier alpha value is -0.730. The number of hydrogen-bond acceptors (Lipinski definition) is 2. The quantitative estimate of drug-likeness (QED) is 0.833. The second-order valence-electron chi connectivity index (χ2n) is 5.94. The predicted molar refractivity (Wildman–Crippen MR) is 88.7 cm³/mol. The van der Waals surface area contributed by atoms with Crippen LogP contribution in [0.2, 0.25) is 5.02 Å². The number of halogens is 1. The molecule has 2 rings (SSSR count). The summed E-state index contributed by atoms with van der Waals surface area (Å²) < 4.78 is 0. The molecule has 2 nitrogen and oxygen atoms in total. The Morgan fingerprint density at radius 1 is 1.25 bits per heavy atom. The number of benzene rings is 1. The molecule has 1 aliphatic heterocycles. The third kappa shape index (κ3) is 3.29. The Morgan fingerprint density at radius 3 is 2.55 bits per heavy atom. The van der Waals surface area contributed by atoms with Crippen molar-refractivity contribution in [2.75, 3.05) is 24.5 Å². The maximum Gasteiger partial charge on any atom is 0.0642 e. The van der Waals surface area contributed by atoms with E-state index in [2.05, 4.69) is 49.2 Å². The van der Waals surface area contributed by atoms with Crippen molar-refractivity contribution in [2.45, 2.75) is 46.6 Å². The molecule has 1 saturated heterocycles. The van der Waals surface area contributed by atoms with E-state index < -0.39 is 0 Å². The van der Waals surface area contributed by atoms with Crippen molar-refractivity contribution in [3.05, 3.63) is 28.8 Å². The topological polar surface area (TPSA) is 15.3 Å². The minimum atomic E-state index is 0.492. The number of rotatable bonds is 6. The van der Waals surface area contributed by atoms with Crippen molar-refractivity contribution < 1.29 is 0 Å².